The molecule has 1 aromatic carbocycles. The number of carbonyl (C=O) groups excluding carboxylic acids is 1. The Bertz CT molecular complexity index is 866. The molecule has 0 atom stereocenters. The molecule has 22 heavy (non-hydrogen) atoms. The Morgan fingerprint density at radius 3 is 2.64 bits per heavy atom. The van der Waals surface area contributed by atoms with Crippen LogP contribution in [0.5, 0.6) is 5.75 Å². The first-order valence-corrected chi connectivity index (χ1v) is 7.23. The molecule has 3 aromatic rings. The number of halogens is 1. The van der Waals surface area contributed by atoms with Crippen molar-refractivity contribution in [3.8, 4) is 17.0 Å². The highest BCUT2D eigenvalue weighted by Crippen LogP contribution is 2.34. The zero-order chi connectivity index (χ0) is 15.7. The van der Waals surface area contributed by atoms with Gasteiger partial charge in [0.05, 0.1) is 12.8 Å². The summed E-state index contributed by atoms with van der Waals surface area (Å²) in [6.45, 7) is 0. The summed E-state index contributed by atoms with van der Waals surface area (Å²) >= 11 is 3.33. The van der Waals surface area contributed by atoms with Gasteiger partial charge in [0.2, 0.25) is 0 Å². The van der Waals surface area contributed by atoms with Gasteiger partial charge in [0.15, 0.2) is 11.4 Å². The minimum absolute atomic E-state index is 0.142. The molecular weight excluding hydrogens is 348 g/mol. The molecule has 3 rings (SSSR count). The molecule has 0 unspecified atom stereocenters. The molecule has 110 valence electrons. The highest BCUT2D eigenvalue weighted by molar-refractivity contribution is 9.10. The second kappa shape index (κ2) is 5.73. The number of hydrogen-bond donors (Lipinski definition) is 1. The predicted molar refractivity (Wildman–Crippen MR) is 85.7 cm³/mol. The second-order valence-electron chi connectivity index (χ2n) is 4.57. The quantitative estimate of drug-likeness (QED) is 0.560. The van der Waals surface area contributed by atoms with Crippen LogP contribution >= 0.6 is 15.9 Å². The number of rotatable bonds is 2. The largest absolute Gasteiger partial charge is 0.505 e. The van der Waals surface area contributed by atoms with E-state index in [4.69, 9.17) is 0 Å². The average molecular weight is 359 g/mol. The maximum atomic E-state index is 11.6. The van der Waals surface area contributed by atoms with E-state index < -0.39 is 5.97 Å². The standard InChI is InChI=1S/C16H11BrN2O3/c1-22-16(21)13-14(20)11-8-18-12(7-10(11)15(17)19-13)9-5-3-2-4-6-9/h2-8,20H,1H3. The van der Waals surface area contributed by atoms with Gasteiger partial charge in [0.25, 0.3) is 0 Å². The van der Waals surface area contributed by atoms with Crippen molar-refractivity contribution in [2.45, 2.75) is 0 Å². The molecule has 0 aliphatic heterocycles. The molecule has 0 aliphatic carbocycles. The Balaban J connectivity index is 2.23. The number of carbonyl (C=O) groups is 1. The second-order valence-corrected chi connectivity index (χ2v) is 5.32. The number of pyridine rings is 2. The Hall–Kier alpha value is -2.47. The fraction of sp³-hybridized carbons (Fsp3) is 0.0625. The first kappa shape index (κ1) is 14.5. The van der Waals surface area contributed by atoms with E-state index in [2.05, 4.69) is 30.6 Å². The van der Waals surface area contributed by atoms with Crippen LogP contribution in [-0.2, 0) is 4.74 Å². The summed E-state index contributed by atoms with van der Waals surface area (Å²) in [6.07, 6.45) is 1.52. The van der Waals surface area contributed by atoms with Gasteiger partial charge in [0.1, 0.15) is 4.60 Å². The van der Waals surface area contributed by atoms with E-state index in [0.717, 1.165) is 11.3 Å². The van der Waals surface area contributed by atoms with E-state index in [1.807, 2.05) is 36.4 Å². The van der Waals surface area contributed by atoms with Crippen molar-refractivity contribution >= 4 is 32.7 Å². The molecule has 5 nitrogen and oxygen atoms in total. The van der Waals surface area contributed by atoms with Crippen LogP contribution < -0.4 is 0 Å². The van der Waals surface area contributed by atoms with Gasteiger partial charge in [-0.2, -0.15) is 0 Å². The molecule has 2 aromatic heterocycles. The van der Waals surface area contributed by atoms with Crippen molar-refractivity contribution in [1.29, 1.82) is 0 Å². The van der Waals surface area contributed by atoms with Gasteiger partial charge in [0, 0.05) is 22.5 Å². The van der Waals surface area contributed by atoms with Gasteiger partial charge >= 0.3 is 5.97 Å². The highest BCUT2D eigenvalue weighted by Gasteiger charge is 2.19. The number of fused-ring (bicyclic) bond motifs is 1. The Labute approximate surface area is 134 Å². The van der Waals surface area contributed by atoms with Crippen LogP contribution in [0.4, 0.5) is 0 Å². The zero-order valence-electron chi connectivity index (χ0n) is 11.6. The number of ether oxygens (including phenoxy) is 1. The molecule has 0 amide bonds. The minimum atomic E-state index is -0.702. The maximum absolute atomic E-state index is 11.6. The zero-order valence-corrected chi connectivity index (χ0v) is 13.2. The molecule has 0 radical (unpaired) electrons. The van der Waals surface area contributed by atoms with Crippen LogP contribution in [0.1, 0.15) is 10.5 Å². The van der Waals surface area contributed by atoms with E-state index >= 15 is 0 Å². The topological polar surface area (TPSA) is 72.3 Å². The third kappa shape index (κ3) is 2.42. The molecule has 1 N–H and O–H groups in total. The van der Waals surface area contributed by atoms with Gasteiger partial charge in [-0.25, -0.2) is 9.78 Å². The van der Waals surface area contributed by atoms with Crippen LogP contribution in [0.2, 0.25) is 0 Å². The van der Waals surface area contributed by atoms with Crippen LogP contribution in [0.3, 0.4) is 0 Å². The van der Waals surface area contributed by atoms with Gasteiger partial charge in [-0.15, -0.1) is 0 Å². The monoisotopic (exact) mass is 358 g/mol. The average Bonchev–Trinajstić information content (AvgIpc) is 2.57. The Kier molecular flexibility index (Phi) is 3.77. The van der Waals surface area contributed by atoms with Crippen LogP contribution in [0.25, 0.3) is 22.0 Å². The third-order valence-corrected chi connectivity index (χ3v) is 3.87. The lowest BCUT2D eigenvalue weighted by molar-refractivity contribution is 0.0590. The summed E-state index contributed by atoms with van der Waals surface area (Å²) in [4.78, 5) is 20.0. The summed E-state index contributed by atoms with van der Waals surface area (Å²) in [5.41, 5.74) is 1.56. The fourth-order valence-corrected chi connectivity index (χ4v) is 2.66. The van der Waals surface area contributed by atoms with Crippen molar-refractivity contribution in [1.82, 2.24) is 9.97 Å². The molecule has 6 heteroatoms. The van der Waals surface area contributed by atoms with Gasteiger partial charge in [-0.3, -0.25) is 4.98 Å². The normalized spacial score (nSPS) is 10.6. The molecule has 0 fully saturated rings. The van der Waals surface area contributed by atoms with Crippen molar-refractivity contribution in [2.24, 2.45) is 0 Å². The number of benzene rings is 1. The molecule has 0 aliphatic rings. The van der Waals surface area contributed by atoms with Crippen LogP contribution in [-0.4, -0.2) is 28.2 Å². The lowest BCUT2D eigenvalue weighted by Gasteiger charge is -2.09. The minimum Gasteiger partial charge on any atom is -0.505 e. The molecule has 0 bridgehead atoms. The first-order valence-electron chi connectivity index (χ1n) is 6.43. The smallest absolute Gasteiger partial charge is 0.360 e. The lowest BCUT2D eigenvalue weighted by atomic mass is 10.1. The van der Waals surface area contributed by atoms with Crippen molar-refractivity contribution < 1.29 is 14.6 Å². The van der Waals surface area contributed by atoms with E-state index in [-0.39, 0.29) is 11.4 Å². The summed E-state index contributed by atoms with van der Waals surface area (Å²) in [6, 6.07) is 11.5. The van der Waals surface area contributed by atoms with Crippen molar-refractivity contribution in [3.05, 3.63) is 52.9 Å². The van der Waals surface area contributed by atoms with E-state index in [1.54, 1.807) is 0 Å². The number of aromatic nitrogens is 2. The Morgan fingerprint density at radius 2 is 1.95 bits per heavy atom. The third-order valence-electron chi connectivity index (χ3n) is 3.26. The molecule has 0 saturated heterocycles. The van der Waals surface area contributed by atoms with Crippen molar-refractivity contribution in [3.63, 3.8) is 0 Å². The van der Waals surface area contributed by atoms with Crippen LogP contribution in [0, 0.1) is 0 Å². The van der Waals surface area contributed by atoms with Gasteiger partial charge in [-0.1, -0.05) is 30.3 Å². The SMILES string of the molecule is COC(=O)c1nc(Br)c2cc(-c3ccccc3)ncc2c1O. The van der Waals surface area contributed by atoms with E-state index in [0.29, 0.717) is 15.4 Å². The maximum Gasteiger partial charge on any atom is 0.360 e. The summed E-state index contributed by atoms with van der Waals surface area (Å²) in [5, 5.41) is 11.3. The number of methoxy groups -OCH3 is 1. The number of hydrogen-bond acceptors (Lipinski definition) is 5. The molecule has 2 heterocycles. The molecular formula is C16H11BrN2O3. The van der Waals surface area contributed by atoms with E-state index in [1.165, 1.54) is 13.3 Å². The Morgan fingerprint density at radius 1 is 1.23 bits per heavy atom. The predicted octanol–water partition coefficient (Wildman–Crippen LogP) is 3.55. The number of aromatic hydroxyl groups is 1. The van der Waals surface area contributed by atoms with Crippen molar-refractivity contribution in [2.75, 3.05) is 7.11 Å². The lowest BCUT2D eigenvalue weighted by Crippen LogP contribution is -2.05. The summed E-state index contributed by atoms with van der Waals surface area (Å²) in [5.74, 6) is -0.940. The van der Waals surface area contributed by atoms with E-state index in [9.17, 15) is 9.90 Å². The van der Waals surface area contributed by atoms with Gasteiger partial charge < -0.3 is 9.84 Å². The van der Waals surface area contributed by atoms with Crippen LogP contribution in [0.15, 0.2) is 47.2 Å². The fourth-order valence-electron chi connectivity index (χ4n) is 2.16. The summed E-state index contributed by atoms with van der Waals surface area (Å²) in [7, 11) is 1.23. The molecule has 0 spiro atoms. The first-order chi connectivity index (χ1) is 10.6. The number of nitrogens with zero attached hydrogens (tertiary/aromatic N) is 2. The number of esters is 1. The highest BCUT2D eigenvalue weighted by atomic mass is 79.9. The molecule has 0 saturated carbocycles. The van der Waals surface area contributed by atoms with Gasteiger partial charge in [-0.05, 0) is 22.0 Å². The summed E-state index contributed by atoms with van der Waals surface area (Å²) < 4.78 is 5.06.